The Labute approximate surface area is 97.6 Å². The van der Waals surface area contributed by atoms with Gasteiger partial charge in [-0.3, -0.25) is 0 Å². The van der Waals surface area contributed by atoms with Crippen LogP contribution in [0.2, 0.25) is 0 Å². The Morgan fingerprint density at radius 2 is 1.94 bits per heavy atom. The van der Waals surface area contributed by atoms with E-state index in [9.17, 15) is 0 Å². The van der Waals surface area contributed by atoms with Crippen LogP contribution in [-0.2, 0) is 0 Å². The summed E-state index contributed by atoms with van der Waals surface area (Å²) in [4.78, 5) is 0. The molecule has 0 aromatic heterocycles. The van der Waals surface area contributed by atoms with Crippen molar-refractivity contribution in [1.29, 1.82) is 0 Å². The molecule has 0 spiro atoms. The lowest BCUT2D eigenvalue weighted by Gasteiger charge is -2.24. The molecule has 1 aromatic carbocycles. The predicted octanol–water partition coefficient (Wildman–Crippen LogP) is 3.59. The van der Waals surface area contributed by atoms with Gasteiger partial charge in [0.1, 0.15) is 0 Å². The van der Waals surface area contributed by atoms with Crippen molar-refractivity contribution in [3.8, 4) is 0 Å². The van der Waals surface area contributed by atoms with Gasteiger partial charge in [-0.2, -0.15) is 0 Å². The van der Waals surface area contributed by atoms with Crippen molar-refractivity contribution in [3.05, 3.63) is 47.2 Å². The number of benzene rings is 1. The lowest BCUT2D eigenvalue weighted by molar-refractivity contribution is 0.570. The smallest absolute Gasteiger partial charge is 0.0267 e. The average molecular weight is 213 g/mol. The van der Waals surface area contributed by atoms with Gasteiger partial charge in [-0.1, -0.05) is 30.3 Å². The van der Waals surface area contributed by atoms with Crippen LogP contribution in [0.15, 0.2) is 41.6 Å². The lowest BCUT2D eigenvalue weighted by atomic mass is 9.82. The third-order valence-corrected chi connectivity index (χ3v) is 3.91. The third kappa shape index (κ3) is 1.75. The maximum absolute atomic E-state index is 3.61. The minimum Gasteiger partial charge on any atom is -0.386 e. The van der Waals surface area contributed by atoms with E-state index >= 15 is 0 Å². The first-order valence-electron chi connectivity index (χ1n) is 6.35. The zero-order valence-electron chi connectivity index (χ0n) is 9.87. The third-order valence-electron chi connectivity index (χ3n) is 3.91. The van der Waals surface area contributed by atoms with E-state index in [2.05, 4.69) is 42.6 Å². The predicted molar refractivity (Wildman–Crippen MR) is 67.3 cm³/mol. The largest absolute Gasteiger partial charge is 0.386 e. The number of allylic oxidation sites excluding steroid dienone is 1. The molecule has 84 valence electrons. The highest BCUT2D eigenvalue weighted by molar-refractivity contribution is 5.29. The van der Waals surface area contributed by atoms with Crippen molar-refractivity contribution in [2.24, 2.45) is 0 Å². The van der Waals surface area contributed by atoms with E-state index in [0.717, 1.165) is 5.92 Å². The van der Waals surface area contributed by atoms with Crippen LogP contribution >= 0.6 is 0 Å². The van der Waals surface area contributed by atoms with Gasteiger partial charge in [-0.15, -0.1) is 0 Å². The van der Waals surface area contributed by atoms with Gasteiger partial charge in [0.15, 0.2) is 0 Å². The van der Waals surface area contributed by atoms with E-state index in [0.29, 0.717) is 6.04 Å². The zero-order valence-corrected chi connectivity index (χ0v) is 9.87. The number of hydrogen-bond acceptors (Lipinski definition) is 1. The lowest BCUT2D eigenvalue weighted by Crippen LogP contribution is -2.19. The molecule has 16 heavy (non-hydrogen) atoms. The molecule has 2 aliphatic rings. The molecule has 1 heterocycles. The van der Waals surface area contributed by atoms with Crippen molar-refractivity contribution in [1.82, 2.24) is 5.32 Å². The highest BCUT2D eigenvalue weighted by Gasteiger charge is 2.27. The molecule has 3 rings (SSSR count). The Bertz CT molecular complexity index is 405. The fraction of sp³-hybridized carbons (Fsp3) is 0.467. The van der Waals surface area contributed by atoms with Gasteiger partial charge in [0, 0.05) is 11.7 Å². The summed E-state index contributed by atoms with van der Waals surface area (Å²) in [5, 5.41) is 3.61. The second-order valence-corrected chi connectivity index (χ2v) is 5.18. The molecule has 0 amide bonds. The molecular formula is C15H19N. The van der Waals surface area contributed by atoms with E-state index < -0.39 is 0 Å². The molecule has 0 saturated carbocycles. The van der Waals surface area contributed by atoms with Gasteiger partial charge in [0.25, 0.3) is 0 Å². The molecule has 1 aliphatic heterocycles. The molecule has 1 aliphatic carbocycles. The van der Waals surface area contributed by atoms with E-state index in [-0.39, 0.29) is 0 Å². The topological polar surface area (TPSA) is 12.0 Å². The Morgan fingerprint density at radius 3 is 2.75 bits per heavy atom. The van der Waals surface area contributed by atoms with E-state index in [1.807, 2.05) is 0 Å². The monoisotopic (exact) mass is 213 g/mol. The molecule has 2 atom stereocenters. The van der Waals surface area contributed by atoms with Gasteiger partial charge in [-0.05, 0) is 49.7 Å². The van der Waals surface area contributed by atoms with E-state index in [4.69, 9.17) is 0 Å². The highest BCUT2D eigenvalue weighted by atomic mass is 14.9. The number of hydrogen-bond donors (Lipinski definition) is 1. The first kappa shape index (κ1) is 9.95. The van der Waals surface area contributed by atoms with Crippen LogP contribution < -0.4 is 5.32 Å². The molecule has 0 bridgehead atoms. The summed E-state index contributed by atoms with van der Waals surface area (Å²) >= 11 is 0. The van der Waals surface area contributed by atoms with Crippen molar-refractivity contribution in [2.45, 2.75) is 44.6 Å². The maximum atomic E-state index is 3.61. The number of nitrogens with one attached hydrogen (secondary N) is 1. The SMILES string of the molecule is CC1CC2=C(CCC(c3ccccc3)C2)N1. The van der Waals surface area contributed by atoms with Crippen LogP contribution in [0.1, 0.15) is 44.1 Å². The first-order chi connectivity index (χ1) is 7.83. The van der Waals surface area contributed by atoms with Crippen LogP contribution in [0.3, 0.4) is 0 Å². The molecule has 0 fully saturated rings. The molecule has 1 aromatic rings. The second kappa shape index (κ2) is 3.97. The molecule has 0 saturated heterocycles. The minimum absolute atomic E-state index is 0.666. The summed E-state index contributed by atoms with van der Waals surface area (Å²) in [6.45, 7) is 2.29. The van der Waals surface area contributed by atoms with E-state index in [1.165, 1.54) is 31.2 Å². The van der Waals surface area contributed by atoms with Crippen molar-refractivity contribution >= 4 is 0 Å². The first-order valence-corrected chi connectivity index (χ1v) is 6.35. The van der Waals surface area contributed by atoms with Crippen molar-refractivity contribution < 1.29 is 0 Å². The Balaban J connectivity index is 1.78. The molecule has 1 N–H and O–H groups in total. The average Bonchev–Trinajstić information content (AvgIpc) is 2.69. The van der Waals surface area contributed by atoms with Crippen LogP contribution in [0.25, 0.3) is 0 Å². The van der Waals surface area contributed by atoms with Crippen LogP contribution in [0, 0.1) is 0 Å². The van der Waals surface area contributed by atoms with Crippen LogP contribution in [-0.4, -0.2) is 6.04 Å². The van der Waals surface area contributed by atoms with Gasteiger partial charge >= 0.3 is 0 Å². The normalized spacial score (nSPS) is 28.8. The molecular weight excluding hydrogens is 194 g/mol. The Hall–Kier alpha value is -1.24. The van der Waals surface area contributed by atoms with Crippen molar-refractivity contribution in [3.63, 3.8) is 0 Å². The quantitative estimate of drug-likeness (QED) is 0.751. The zero-order chi connectivity index (χ0) is 11.0. The molecule has 0 radical (unpaired) electrons. The Kier molecular flexibility index (Phi) is 2.47. The maximum Gasteiger partial charge on any atom is 0.0267 e. The van der Waals surface area contributed by atoms with Crippen molar-refractivity contribution in [2.75, 3.05) is 0 Å². The summed E-state index contributed by atoms with van der Waals surface area (Å²) in [7, 11) is 0. The number of rotatable bonds is 1. The van der Waals surface area contributed by atoms with Gasteiger partial charge < -0.3 is 5.32 Å². The standard InChI is InChI=1S/C15H19N/c1-11-9-14-10-13(7-8-15(14)16-11)12-5-3-2-4-6-12/h2-6,11,13,16H,7-10H2,1H3. The summed E-state index contributed by atoms with van der Waals surface area (Å²) in [6.07, 6.45) is 5.09. The van der Waals surface area contributed by atoms with Gasteiger partial charge in [0.05, 0.1) is 0 Å². The fourth-order valence-corrected chi connectivity index (χ4v) is 3.13. The summed E-state index contributed by atoms with van der Waals surface area (Å²) < 4.78 is 0. The molecule has 1 heteroatoms. The summed E-state index contributed by atoms with van der Waals surface area (Å²) in [5.74, 6) is 0.757. The highest BCUT2D eigenvalue weighted by Crippen LogP contribution is 2.39. The second-order valence-electron chi connectivity index (χ2n) is 5.18. The van der Waals surface area contributed by atoms with E-state index in [1.54, 1.807) is 11.3 Å². The fourth-order valence-electron chi connectivity index (χ4n) is 3.13. The van der Waals surface area contributed by atoms with Crippen LogP contribution in [0.5, 0.6) is 0 Å². The van der Waals surface area contributed by atoms with Gasteiger partial charge in [0.2, 0.25) is 0 Å². The van der Waals surface area contributed by atoms with Gasteiger partial charge in [-0.25, -0.2) is 0 Å². The summed E-state index contributed by atoms with van der Waals surface area (Å²) in [5.41, 5.74) is 4.76. The molecule has 2 unspecified atom stereocenters. The molecule has 1 nitrogen and oxygen atoms in total. The summed E-state index contributed by atoms with van der Waals surface area (Å²) in [6, 6.07) is 11.7. The van der Waals surface area contributed by atoms with Crippen LogP contribution in [0.4, 0.5) is 0 Å². The minimum atomic E-state index is 0.666. The Morgan fingerprint density at radius 1 is 1.12 bits per heavy atom.